The topological polar surface area (TPSA) is 35.6 Å². The Kier molecular flexibility index (Phi) is 4.56. The minimum Gasteiger partial charge on any atom is -0.311 e. The summed E-state index contributed by atoms with van der Waals surface area (Å²) in [5.74, 6) is 0.170. The fourth-order valence-electron chi connectivity index (χ4n) is 2.40. The number of nitrogens with zero attached hydrogens (tertiary/aromatic N) is 2. The first-order valence-electron chi connectivity index (χ1n) is 6.87. The van der Waals surface area contributed by atoms with Gasteiger partial charge in [-0.25, -0.2) is 0 Å². The molecule has 0 spiro atoms. The van der Waals surface area contributed by atoms with E-state index in [1.54, 1.807) is 0 Å². The number of amides is 1. The molecular formula is C15H23N3O. The third kappa shape index (κ3) is 3.33. The lowest BCUT2D eigenvalue weighted by Gasteiger charge is -2.25. The monoisotopic (exact) mass is 261 g/mol. The Morgan fingerprint density at radius 2 is 2.11 bits per heavy atom. The molecule has 1 aliphatic rings. The van der Waals surface area contributed by atoms with Crippen LogP contribution in [0.15, 0.2) is 24.3 Å². The van der Waals surface area contributed by atoms with Crippen LogP contribution >= 0.6 is 0 Å². The number of carbonyl (C=O) groups is 1. The van der Waals surface area contributed by atoms with Crippen molar-refractivity contribution in [2.45, 2.75) is 25.9 Å². The van der Waals surface area contributed by atoms with Crippen LogP contribution in [-0.4, -0.2) is 44.0 Å². The predicted octanol–water partition coefficient (Wildman–Crippen LogP) is 1.46. The highest BCUT2D eigenvalue weighted by Gasteiger charge is 2.26. The molecule has 0 fully saturated rings. The van der Waals surface area contributed by atoms with Crippen molar-refractivity contribution < 1.29 is 4.79 Å². The molecule has 104 valence electrons. The molecule has 4 heteroatoms. The summed E-state index contributed by atoms with van der Waals surface area (Å²) in [6.45, 7) is 4.47. The van der Waals surface area contributed by atoms with Gasteiger partial charge in [-0.2, -0.15) is 0 Å². The standard InChI is InChI=1S/C15H23N3O/c1-12-15(19)18(10-6-9-17(2)3)14-8-5-4-7-13(14)11-16-12/h4-5,7-8,12,16H,6,9-11H2,1-3H3. The van der Waals surface area contributed by atoms with Crippen molar-refractivity contribution in [1.82, 2.24) is 10.2 Å². The summed E-state index contributed by atoms with van der Waals surface area (Å²) in [6, 6.07) is 8.04. The third-order valence-corrected chi connectivity index (χ3v) is 3.50. The Morgan fingerprint density at radius 1 is 1.37 bits per heavy atom. The highest BCUT2D eigenvalue weighted by molar-refractivity contribution is 5.98. The molecule has 1 heterocycles. The van der Waals surface area contributed by atoms with E-state index in [2.05, 4.69) is 30.4 Å². The maximum absolute atomic E-state index is 12.4. The smallest absolute Gasteiger partial charge is 0.243 e. The van der Waals surface area contributed by atoms with E-state index >= 15 is 0 Å². The van der Waals surface area contributed by atoms with Crippen molar-refractivity contribution in [1.29, 1.82) is 0 Å². The van der Waals surface area contributed by atoms with Gasteiger partial charge in [0.05, 0.1) is 6.04 Å². The van der Waals surface area contributed by atoms with Crippen molar-refractivity contribution in [3.05, 3.63) is 29.8 Å². The van der Waals surface area contributed by atoms with Crippen LogP contribution in [0.2, 0.25) is 0 Å². The molecule has 1 aromatic rings. The molecule has 4 nitrogen and oxygen atoms in total. The number of para-hydroxylation sites is 1. The van der Waals surface area contributed by atoms with Gasteiger partial charge in [-0.15, -0.1) is 0 Å². The van der Waals surface area contributed by atoms with Gasteiger partial charge in [-0.05, 0) is 45.6 Å². The van der Waals surface area contributed by atoms with Crippen molar-refractivity contribution in [3.63, 3.8) is 0 Å². The average Bonchev–Trinajstić information content (AvgIpc) is 2.51. The SMILES string of the molecule is CC1NCc2ccccc2N(CCCN(C)C)C1=O. The molecule has 0 aliphatic carbocycles. The fourth-order valence-corrected chi connectivity index (χ4v) is 2.40. The number of rotatable bonds is 4. The van der Waals surface area contributed by atoms with Crippen LogP contribution in [0.1, 0.15) is 18.9 Å². The van der Waals surface area contributed by atoms with Crippen LogP contribution in [-0.2, 0) is 11.3 Å². The molecule has 2 rings (SSSR count). The van der Waals surface area contributed by atoms with E-state index in [1.807, 2.05) is 30.0 Å². The van der Waals surface area contributed by atoms with Gasteiger partial charge in [-0.3, -0.25) is 4.79 Å². The van der Waals surface area contributed by atoms with Crippen LogP contribution < -0.4 is 10.2 Å². The van der Waals surface area contributed by atoms with Gasteiger partial charge < -0.3 is 15.1 Å². The number of nitrogens with one attached hydrogen (secondary N) is 1. The van der Waals surface area contributed by atoms with Crippen LogP contribution in [0, 0.1) is 0 Å². The zero-order valence-electron chi connectivity index (χ0n) is 12.0. The van der Waals surface area contributed by atoms with Gasteiger partial charge >= 0.3 is 0 Å². The normalized spacial score (nSPS) is 19.5. The highest BCUT2D eigenvalue weighted by atomic mass is 16.2. The van der Waals surface area contributed by atoms with Crippen molar-refractivity contribution in [2.75, 3.05) is 32.1 Å². The largest absolute Gasteiger partial charge is 0.311 e. The Hall–Kier alpha value is -1.39. The van der Waals surface area contributed by atoms with Crippen molar-refractivity contribution >= 4 is 11.6 Å². The van der Waals surface area contributed by atoms with Crippen LogP contribution in [0.5, 0.6) is 0 Å². The van der Waals surface area contributed by atoms with Crippen molar-refractivity contribution in [2.24, 2.45) is 0 Å². The van der Waals surface area contributed by atoms with Gasteiger partial charge in [-0.1, -0.05) is 18.2 Å². The molecule has 1 aliphatic heterocycles. The lowest BCUT2D eigenvalue weighted by atomic mass is 10.1. The first kappa shape index (κ1) is 14.0. The molecule has 1 unspecified atom stereocenters. The van der Waals surface area contributed by atoms with Gasteiger partial charge in [0.15, 0.2) is 0 Å². The van der Waals surface area contributed by atoms with E-state index in [0.717, 1.165) is 31.7 Å². The van der Waals surface area contributed by atoms with Crippen LogP contribution in [0.25, 0.3) is 0 Å². The maximum Gasteiger partial charge on any atom is 0.243 e. The molecule has 0 saturated carbocycles. The van der Waals surface area contributed by atoms with Crippen LogP contribution in [0.3, 0.4) is 0 Å². The van der Waals surface area contributed by atoms with E-state index in [9.17, 15) is 4.79 Å². The second-order valence-corrected chi connectivity index (χ2v) is 5.38. The molecular weight excluding hydrogens is 238 g/mol. The molecule has 19 heavy (non-hydrogen) atoms. The number of carbonyl (C=O) groups excluding carboxylic acids is 1. The molecule has 1 N–H and O–H groups in total. The first-order chi connectivity index (χ1) is 9.09. The Bertz CT molecular complexity index is 445. The molecule has 1 atom stereocenters. The summed E-state index contributed by atoms with van der Waals surface area (Å²) < 4.78 is 0. The summed E-state index contributed by atoms with van der Waals surface area (Å²) in [4.78, 5) is 16.5. The maximum atomic E-state index is 12.4. The second-order valence-electron chi connectivity index (χ2n) is 5.38. The summed E-state index contributed by atoms with van der Waals surface area (Å²) in [6.07, 6.45) is 0.986. The molecule has 0 saturated heterocycles. The average molecular weight is 261 g/mol. The van der Waals surface area contributed by atoms with E-state index < -0.39 is 0 Å². The van der Waals surface area contributed by atoms with Gasteiger partial charge in [0.25, 0.3) is 0 Å². The molecule has 0 bridgehead atoms. The van der Waals surface area contributed by atoms with E-state index in [1.165, 1.54) is 5.56 Å². The molecule has 1 aromatic carbocycles. The van der Waals surface area contributed by atoms with Gasteiger partial charge in [0.1, 0.15) is 0 Å². The van der Waals surface area contributed by atoms with Crippen LogP contribution in [0.4, 0.5) is 5.69 Å². The summed E-state index contributed by atoms with van der Waals surface area (Å²) in [5.41, 5.74) is 2.26. The number of hydrogen-bond acceptors (Lipinski definition) is 3. The summed E-state index contributed by atoms with van der Waals surface area (Å²) in [5, 5.41) is 3.28. The van der Waals surface area contributed by atoms with E-state index in [0.29, 0.717) is 0 Å². The van der Waals surface area contributed by atoms with E-state index in [-0.39, 0.29) is 11.9 Å². The lowest BCUT2D eigenvalue weighted by Crippen LogP contribution is -2.43. The number of anilines is 1. The molecule has 1 amide bonds. The number of hydrogen-bond donors (Lipinski definition) is 1. The fraction of sp³-hybridized carbons (Fsp3) is 0.533. The molecule has 0 aromatic heterocycles. The van der Waals surface area contributed by atoms with Crippen molar-refractivity contribution in [3.8, 4) is 0 Å². The van der Waals surface area contributed by atoms with E-state index in [4.69, 9.17) is 0 Å². The summed E-state index contributed by atoms with van der Waals surface area (Å²) in [7, 11) is 4.12. The minimum atomic E-state index is -0.119. The second kappa shape index (κ2) is 6.17. The first-order valence-corrected chi connectivity index (χ1v) is 6.87. The predicted molar refractivity (Wildman–Crippen MR) is 78.3 cm³/mol. The minimum absolute atomic E-state index is 0.119. The molecule has 0 radical (unpaired) electrons. The quantitative estimate of drug-likeness (QED) is 0.891. The zero-order chi connectivity index (χ0) is 13.8. The number of fused-ring (bicyclic) bond motifs is 1. The van der Waals surface area contributed by atoms with Gasteiger partial charge in [0.2, 0.25) is 5.91 Å². The Morgan fingerprint density at radius 3 is 2.84 bits per heavy atom. The Balaban J connectivity index is 2.18. The summed E-state index contributed by atoms with van der Waals surface area (Å²) >= 11 is 0. The third-order valence-electron chi connectivity index (χ3n) is 3.50. The lowest BCUT2D eigenvalue weighted by molar-refractivity contribution is -0.120. The Labute approximate surface area is 115 Å². The highest BCUT2D eigenvalue weighted by Crippen LogP contribution is 2.24. The zero-order valence-corrected chi connectivity index (χ0v) is 12.0. The van der Waals surface area contributed by atoms with Gasteiger partial charge in [0, 0.05) is 18.8 Å². The number of benzene rings is 1.